The fraction of sp³-hybridized carbons (Fsp3) is 0.429. The second-order valence-electron chi connectivity index (χ2n) is 4.78. The van der Waals surface area contributed by atoms with Crippen molar-refractivity contribution < 1.29 is 9.59 Å². The van der Waals surface area contributed by atoms with Crippen LogP contribution in [0.25, 0.3) is 0 Å². The van der Waals surface area contributed by atoms with E-state index < -0.39 is 6.04 Å². The molecule has 4 heteroatoms. The zero-order valence-corrected chi connectivity index (χ0v) is 12.5. The Morgan fingerprint density at radius 3 is 2.50 bits per heavy atom. The van der Waals surface area contributed by atoms with Crippen LogP contribution >= 0.6 is 15.9 Å². The van der Waals surface area contributed by atoms with Crippen LogP contribution in [0.2, 0.25) is 0 Å². The van der Waals surface area contributed by atoms with E-state index >= 15 is 0 Å². The van der Waals surface area contributed by atoms with Gasteiger partial charge < -0.3 is 5.32 Å². The topological polar surface area (TPSA) is 46.2 Å². The molecular formula is C14H18BrNO2. The van der Waals surface area contributed by atoms with Gasteiger partial charge in [-0.1, -0.05) is 35.8 Å². The van der Waals surface area contributed by atoms with Crippen molar-refractivity contribution in [3.05, 3.63) is 34.3 Å². The average molecular weight is 312 g/mol. The molecule has 0 aromatic heterocycles. The third-order valence-corrected chi connectivity index (χ3v) is 3.08. The molecule has 0 spiro atoms. The van der Waals surface area contributed by atoms with Crippen LogP contribution in [0, 0.1) is 5.92 Å². The summed E-state index contributed by atoms with van der Waals surface area (Å²) in [6, 6.07) is 6.71. The van der Waals surface area contributed by atoms with Gasteiger partial charge in [-0.05, 0) is 37.5 Å². The molecule has 18 heavy (non-hydrogen) atoms. The number of carbonyl (C=O) groups excluding carboxylic acids is 2. The lowest BCUT2D eigenvalue weighted by Crippen LogP contribution is -2.40. The van der Waals surface area contributed by atoms with Crippen LogP contribution in [0.5, 0.6) is 0 Å². The van der Waals surface area contributed by atoms with Gasteiger partial charge in [0.15, 0.2) is 5.78 Å². The van der Waals surface area contributed by atoms with Crippen LogP contribution in [0.15, 0.2) is 28.7 Å². The highest BCUT2D eigenvalue weighted by Gasteiger charge is 2.19. The first-order valence-electron chi connectivity index (χ1n) is 5.97. The minimum Gasteiger partial charge on any atom is -0.342 e. The molecule has 98 valence electrons. The fourth-order valence-corrected chi connectivity index (χ4v) is 2.07. The molecule has 0 unspecified atom stereocenters. The number of ketones is 1. The molecular weight excluding hydrogens is 294 g/mol. The smallest absolute Gasteiger partial charge is 0.251 e. The Morgan fingerprint density at radius 1 is 1.33 bits per heavy atom. The lowest BCUT2D eigenvalue weighted by Gasteiger charge is -2.17. The molecule has 0 saturated heterocycles. The molecule has 0 heterocycles. The summed E-state index contributed by atoms with van der Waals surface area (Å²) in [6.07, 6.45) is 0.662. The van der Waals surface area contributed by atoms with Crippen molar-refractivity contribution in [2.24, 2.45) is 5.92 Å². The summed E-state index contributed by atoms with van der Waals surface area (Å²) in [6.45, 7) is 5.57. The van der Waals surface area contributed by atoms with E-state index in [0.717, 1.165) is 4.47 Å². The Morgan fingerprint density at radius 2 is 2.00 bits per heavy atom. The summed E-state index contributed by atoms with van der Waals surface area (Å²) in [5.74, 6) is 0.144. The Bertz CT molecular complexity index is 443. The number of rotatable bonds is 5. The lowest BCUT2D eigenvalue weighted by molar-refractivity contribution is -0.119. The molecule has 1 N–H and O–H groups in total. The van der Waals surface area contributed by atoms with Gasteiger partial charge in [0.2, 0.25) is 0 Å². The SMILES string of the molecule is CC(=O)[C@H](CC(C)C)NC(=O)c1cccc(Br)c1. The molecule has 0 aliphatic rings. The Kier molecular flexibility index (Phi) is 5.54. The highest BCUT2D eigenvalue weighted by atomic mass is 79.9. The van der Waals surface area contributed by atoms with E-state index in [2.05, 4.69) is 21.2 Å². The number of hydrogen-bond acceptors (Lipinski definition) is 2. The van der Waals surface area contributed by atoms with E-state index in [-0.39, 0.29) is 11.7 Å². The molecule has 0 bridgehead atoms. The summed E-state index contributed by atoms with van der Waals surface area (Å²) in [5.41, 5.74) is 0.555. The van der Waals surface area contributed by atoms with E-state index in [4.69, 9.17) is 0 Å². The molecule has 1 amide bonds. The van der Waals surface area contributed by atoms with E-state index in [0.29, 0.717) is 17.9 Å². The van der Waals surface area contributed by atoms with Crippen LogP contribution in [-0.4, -0.2) is 17.7 Å². The molecule has 3 nitrogen and oxygen atoms in total. The molecule has 1 aromatic carbocycles. The quantitative estimate of drug-likeness (QED) is 0.907. The number of hydrogen-bond donors (Lipinski definition) is 1. The molecule has 0 aliphatic heterocycles. The summed E-state index contributed by atoms with van der Waals surface area (Å²) >= 11 is 3.32. The highest BCUT2D eigenvalue weighted by molar-refractivity contribution is 9.10. The van der Waals surface area contributed by atoms with Crippen LogP contribution in [0.1, 0.15) is 37.6 Å². The van der Waals surface area contributed by atoms with Crippen LogP contribution in [-0.2, 0) is 4.79 Å². The maximum absolute atomic E-state index is 12.0. The summed E-state index contributed by atoms with van der Waals surface area (Å²) < 4.78 is 0.846. The van der Waals surface area contributed by atoms with Gasteiger partial charge in [0.05, 0.1) is 6.04 Å². The Labute approximate surface area is 116 Å². The van der Waals surface area contributed by atoms with Crippen molar-refractivity contribution in [1.29, 1.82) is 0 Å². The number of halogens is 1. The molecule has 1 atom stereocenters. The van der Waals surface area contributed by atoms with Gasteiger partial charge in [-0.15, -0.1) is 0 Å². The standard InChI is InChI=1S/C14H18BrNO2/c1-9(2)7-13(10(3)17)16-14(18)11-5-4-6-12(15)8-11/h4-6,8-9,13H,7H2,1-3H3,(H,16,18)/t13-/m0/s1. The Balaban J connectivity index is 2.75. The van der Waals surface area contributed by atoms with Crippen LogP contribution < -0.4 is 5.32 Å². The average Bonchev–Trinajstić information content (AvgIpc) is 2.27. The second-order valence-corrected chi connectivity index (χ2v) is 5.69. The van der Waals surface area contributed by atoms with Gasteiger partial charge in [0.1, 0.15) is 0 Å². The molecule has 0 aliphatic carbocycles. The van der Waals surface area contributed by atoms with Gasteiger partial charge in [-0.25, -0.2) is 0 Å². The van der Waals surface area contributed by atoms with Crippen LogP contribution in [0.4, 0.5) is 0 Å². The van der Waals surface area contributed by atoms with E-state index in [1.165, 1.54) is 6.92 Å². The first-order valence-corrected chi connectivity index (χ1v) is 6.76. The summed E-state index contributed by atoms with van der Waals surface area (Å²) in [5, 5.41) is 2.78. The largest absolute Gasteiger partial charge is 0.342 e. The number of amides is 1. The maximum Gasteiger partial charge on any atom is 0.251 e. The summed E-state index contributed by atoms with van der Waals surface area (Å²) in [4.78, 5) is 23.5. The number of benzene rings is 1. The molecule has 0 radical (unpaired) electrons. The van der Waals surface area contributed by atoms with Crippen molar-refractivity contribution in [3.8, 4) is 0 Å². The van der Waals surface area contributed by atoms with Gasteiger partial charge in [-0.3, -0.25) is 9.59 Å². The predicted molar refractivity (Wildman–Crippen MR) is 75.5 cm³/mol. The maximum atomic E-state index is 12.0. The van der Waals surface area contributed by atoms with E-state index in [9.17, 15) is 9.59 Å². The molecule has 0 saturated carbocycles. The zero-order valence-electron chi connectivity index (χ0n) is 10.9. The van der Waals surface area contributed by atoms with Crippen LogP contribution in [0.3, 0.4) is 0 Å². The lowest BCUT2D eigenvalue weighted by atomic mass is 10.0. The number of nitrogens with one attached hydrogen (secondary N) is 1. The molecule has 1 aromatic rings. The monoisotopic (exact) mass is 311 g/mol. The third-order valence-electron chi connectivity index (χ3n) is 2.59. The van der Waals surface area contributed by atoms with Crippen molar-refractivity contribution in [2.75, 3.05) is 0 Å². The van der Waals surface area contributed by atoms with E-state index in [1.54, 1.807) is 18.2 Å². The van der Waals surface area contributed by atoms with E-state index in [1.807, 2.05) is 19.9 Å². The predicted octanol–water partition coefficient (Wildman–Crippen LogP) is 3.18. The first kappa shape index (κ1) is 14.9. The van der Waals surface area contributed by atoms with Crippen molar-refractivity contribution >= 4 is 27.6 Å². The zero-order chi connectivity index (χ0) is 13.7. The number of Topliss-reactive ketones (excluding diaryl/α,β-unsaturated/α-hetero) is 1. The van der Waals surface area contributed by atoms with Crippen molar-refractivity contribution in [1.82, 2.24) is 5.32 Å². The Hall–Kier alpha value is -1.16. The molecule has 1 rings (SSSR count). The van der Waals surface area contributed by atoms with Gasteiger partial charge in [-0.2, -0.15) is 0 Å². The molecule has 0 fully saturated rings. The van der Waals surface area contributed by atoms with Gasteiger partial charge >= 0.3 is 0 Å². The van der Waals surface area contributed by atoms with Crippen molar-refractivity contribution in [3.63, 3.8) is 0 Å². The van der Waals surface area contributed by atoms with Crippen molar-refractivity contribution in [2.45, 2.75) is 33.2 Å². The highest BCUT2D eigenvalue weighted by Crippen LogP contribution is 2.12. The minimum atomic E-state index is -0.406. The third kappa shape index (κ3) is 4.61. The fourth-order valence-electron chi connectivity index (χ4n) is 1.67. The number of carbonyl (C=O) groups is 2. The first-order chi connectivity index (χ1) is 8.40. The minimum absolute atomic E-state index is 0.00736. The second kappa shape index (κ2) is 6.69. The van der Waals surface area contributed by atoms with Gasteiger partial charge in [0.25, 0.3) is 5.91 Å². The van der Waals surface area contributed by atoms with Gasteiger partial charge in [0, 0.05) is 10.0 Å². The summed E-state index contributed by atoms with van der Waals surface area (Å²) in [7, 11) is 0. The normalized spacial score (nSPS) is 12.3.